The summed E-state index contributed by atoms with van der Waals surface area (Å²) in [5.74, 6) is 0.776. The molecule has 0 aromatic carbocycles. The fraction of sp³-hybridized carbons (Fsp3) is 0.923. The molecule has 16 heavy (non-hydrogen) atoms. The van der Waals surface area contributed by atoms with E-state index in [1.165, 1.54) is 19.3 Å². The quantitative estimate of drug-likeness (QED) is 0.564. The van der Waals surface area contributed by atoms with Gasteiger partial charge in [0.15, 0.2) is 0 Å². The molecular formula is C13H28N2O. The molecule has 0 rings (SSSR count). The van der Waals surface area contributed by atoms with E-state index in [2.05, 4.69) is 19.2 Å². The van der Waals surface area contributed by atoms with Crippen molar-refractivity contribution in [2.24, 2.45) is 11.7 Å². The van der Waals surface area contributed by atoms with E-state index in [-0.39, 0.29) is 5.91 Å². The Labute approximate surface area is 100 Å². The lowest BCUT2D eigenvalue weighted by atomic mass is 10.1. The predicted molar refractivity (Wildman–Crippen MR) is 69.2 cm³/mol. The molecule has 0 aromatic heterocycles. The van der Waals surface area contributed by atoms with Crippen LogP contribution in [0.25, 0.3) is 0 Å². The Morgan fingerprint density at radius 2 is 2.00 bits per heavy atom. The summed E-state index contributed by atoms with van der Waals surface area (Å²) in [6.45, 7) is 5.87. The Balaban J connectivity index is 3.24. The van der Waals surface area contributed by atoms with Crippen LogP contribution in [0.5, 0.6) is 0 Å². The molecule has 3 nitrogen and oxygen atoms in total. The third-order valence-electron chi connectivity index (χ3n) is 2.86. The molecule has 0 radical (unpaired) electrons. The molecule has 0 aliphatic carbocycles. The largest absolute Gasteiger partial charge is 0.356 e. The highest BCUT2D eigenvalue weighted by atomic mass is 16.1. The summed E-state index contributed by atoms with van der Waals surface area (Å²) in [6.07, 6.45) is 7.49. The second-order valence-corrected chi connectivity index (χ2v) is 4.64. The van der Waals surface area contributed by atoms with Crippen LogP contribution in [-0.2, 0) is 4.79 Å². The van der Waals surface area contributed by atoms with Crippen molar-refractivity contribution < 1.29 is 4.79 Å². The first kappa shape index (κ1) is 15.4. The van der Waals surface area contributed by atoms with E-state index < -0.39 is 0 Å². The van der Waals surface area contributed by atoms with Crippen molar-refractivity contribution in [2.75, 3.05) is 13.1 Å². The molecule has 1 unspecified atom stereocenters. The van der Waals surface area contributed by atoms with Gasteiger partial charge in [-0.15, -0.1) is 0 Å². The predicted octanol–water partition coefficient (Wildman–Crippen LogP) is 2.45. The van der Waals surface area contributed by atoms with Crippen molar-refractivity contribution >= 4 is 5.91 Å². The fourth-order valence-electron chi connectivity index (χ4n) is 1.60. The van der Waals surface area contributed by atoms with Crippen LogP contribution in [0.4, 0.5) is 0 Å². The van der Waals surface area contributed by atoms with E-state index in [0.717, 1.165) is 32.4 Å². The Kier molecular flexibility index (Phi) is 10.5. The molecular weight excluding hydrogens is 200 g/mol. The van der Waals surface area contributed by atoms with Gasteiger partial charge in [0.05, 0.1) is 0 Å². The van der Waals surface area contributed by atoms with Gasteiger partial charge in [-0.2, -0.15) is 0 Å². The summed E-state index contributed by atoms with van der Waals surface area (Å²) in [5.41, 5.74) is 5.52. The smallest absolute Gasteiger partial charge is 0.219 e. The maximum Gasteiger partial charge on any atom is 0.219 e. The number of rotatable bonds is 10. The molecule has 3 N–H and O–H groups in total. The molecule has 0 bridgehead atoms. The highest BCUT2D eigenvalue weighted by Crippen LogP contribution is 2.03. The van der Waals surface area contributed by atoms with Gasteiger partial charge in [-0.1, -0.05) is 33.1 Å². The van der Waals surface area contributed by atoms with Crippen molar-refractivity contribution in [3.05, 3.63) is 0 Å². The SMILES string of the molecule is CCCCCCC(=O)NCCCC(C)CN. The summed E-state index contributed by atoms with van der Waals surface area (Å²) < 4.78 is 0. The number of unbranched alkanes of at least 4 members (excludes halogenated alkanes) is 3. The zero-order valence-electron chi connectivity index (χ0n) is 10.9. The number of hydrogen-bond donors (Lipinski definition) is 2. The summed E-state index contributed by atoms with van der Waals surface area (Å²) in [7, 11) is 0. The Hall–Kier alpha value is -0.570. The highest BCUT2D eigenvalue weighted by Gasteiger charge is 2.01. The number of nitrogens with two attached hydrogens (primary N) is 1. The second kappa shape index (κ2) is 10.9. The van der Waals surface area contributed by atoms with Crippen LogP contribution in [0.3, 0.4) is 0 Å². The van der Waals surface area contributed by atoms with Gasteiger partial charge < -0.3 is 11.1 Å². The lowest BCUT2D eigenvalue weighted by molar-refractivity contribution is -0.121. The summed E-state index contributed by atoms with van der Waals surface area (Å²) in [4.78, 5) is 11.4. The summed E-state index contributed by atoms with van der Waals surface area (Å²) >= 11 is 0. The highest BCUT2D eigenvalue weighted by molar-refractivity contribution is 5.75. The molecule has 0 spiro atoms. The molecule has 0 saturated carbocycles. The number of carbonyl (C=O) groups is 1. The van der Waals surface area contributed by atoms with Crippen LogP contribution in [0.15, 0.2) is 0 Å². The van der Waals surface area contributed by atoms with Gasteiger partial charge in [0.1, 0.15) is 0 Å². The lowest BCUT2D eigenvalue weighted by Crippen LogP contribution is -2.24. The molecule has 1 atom stereocenters. The van der Waals surface area contributed by atoms with E-state index in [0.29, 0.717) is 12.3 Å². The monoisotopic (exact) mass is 228 g/mol. The average Bonchev–Trinajstić information content (AvgIpc) is 2.30. The minimum Gasteiger partial charge on any atom is -0.356 e. The van der Waals surface area contributed by atoms with E-state index in [1.807, 2.05) is 0 Å². The minimum atomic E-state index is 0.205. The normalized spacial score (nSPS) is 12.4. The van der Waals surface area contributed by atoms with Crippen molar-refractivity contribution in [3.63, 3.8) is 0 Å². The molecule has 1 amide bonds. The second-order valence-electron chi connectivity index (χ2n) is 4.64. The number of hydrogen-bond acceptors (Lipinski definition) is 2. The maximum atomic E-state index is 11.4. The molecule has 3 heteroatoms. The maximum absolute atomic E-state index is 11.4. The van der Waals surface area contributed by atoms with E-state index >= 15 is 0 Å². The van der Waals surface area contributed by atoms with Gasteiger partial charge in [0, 0.05) is 13.0 Å². The molecule has 0 heterocycles. The number of carbonyl (C=O) groups excluding carboxylic acids is 1. The number of nitrogens with one attached hydrogen (secondary N) is 1. The minimum absolute atomic E-state index is 0.205. The van der Waals surface area contributed by atoms with Crippen molar-refractivity contribution in [1.29, 1.82) is 0 Å². The first-order valence-electron chi connectivity index (χ1n) is 6.67. The van der Waals surface area contributed by atoms with E-state index in [9.17, 15) is 4.79 Å². The van der Waals surface area contributed by atoms with Gasteiger partial charge >= 0.3 is 0 Å². The summed E-state index contributed by atoms with van der Waals surface area (Å²) in [6, 6.07) is 0. The fourth-order valence-corrected chi connectivity index (χ4v) is 1.60. The molecule has 0 saturated heterocycles. The molecule has 0 aromatic rings. The topological polar surface area (TPSA) is 55.1 Å². The molecule has 0 aliphatic heterocycles. The van der Waals surface area contributed by atoms with E-state index in [4.69, 9.17) is 5.73 Å². The van der Waals surface area contributed by atoms with Crippen LogP contribution in [0.1, 0.15) is 58.8 Å². The standard InChI is InChI=1S/C13H28N2O/c1-3-4-5-6-9-13(16)15-10-7-8-12(2)11-14/h12H,3-11,14H2,1-2H3,(H,15,16). The Morgan fingerprint density at radius 1 is 1.25 bits per heavy atom. The average molecular weight is 228 g/mol. The van der Waals surface area contributed by atoms with Crippen LogP contribution in [0, 0.1) is 5.92 Å². The molecule has 0 aliphatic rings. The summed E-state index contributed by atoms with van der Waals surface area (Å²) in [5, 5.41) is 2.96. The van der Waals surface area contributed by atoms with Gasteiger partial charge in [0.2, 0.25) is 5.91 Å². The van der Waals surface area contributed by atoms with Gasteiger partial charge in [-0.05, 0) is 31.7 Å². The molecule has 0 fully saturated rings. The Morgan fingerprint density at radius 3 is 2.62 bits per heavy atom. The molecule has 96 valence electrons. The van der Waals surface area contributed by atoms with Gasteiger partial charge in [-0.3, -0.25) is 4.79 Å². The first-order valence-corrected chi connectivity index (χ1v) is 6.67. The van der Waals surface area contributed by atoms with Crippen molar-refractivity contribution in [3.8, 4) is 0 Å². The number of amides is 1. The lowest BCUT2D eigenvalue weighted by Gasteiger charge is -2.08. The van der Waals surface area contributed by atoms with Gasteiger partial charge in [0.25, 0.3) is 0 Å². The van der Waals surface area contributed by atoms with E-state index in [1.54, 1.807) is 0 Å². The Bertz CT molecular complexity index is 171. The zero-order valence-corrected chi connectivity index (χ0v) is 10.9. The van der Waals surface area contributed by atoms with Crippen LogP contribution < -0.4 is 11.1 Å². The third kappa shape index (κ3) is 9.97. The van der Waals surface area contributed by atoms with Crippen LogP contribution >= 0.6 is 0 Å². The zero-order chi connectivity index (χ0) is 12.2. The third-order valence-corrected chi connectivity index (χ3v) is 2.86. The van der Waals surface area contributed by atoms with Gasteiger partial charge in [-0.25, -0.2) is 0 Å². The van der Waals surface area contributed by atoms with Crippen LogP contribution in [0.2, 0.25) is 0 Å². The van der Waals surface area contributed by atoms with Crippen molar-refractivity contribution in [1.82, 2.24) is 5.32 Å². The van der Waals surface area contributed by atoms with Crippen molar-refractivity contribution in [2.45, 2.75) is 58.8 Å². The van der Waals surface area contributed by atoms with Crippen LogP contribution in [-0.4, -0.2) is 19.0 Å². The first-order chi connectivity index (χ1) is 7.70.